The molecule has 0 N–H and O–H groups in total. The molecule has 2 unspecified atom stereocenters. The van der Waals surface area contributed by atoms with Crippen molar-refractivity contribution in [1.82, 2.24) is 9.80 Å². The number of nitro groups is 1. The van der Waals surface area contributed by atoms with Gasteiger partial charge in [0.05, 0.1) is 16.9 Å². The normalized spacial score (nSPS) is 21.9. The maximum Gasteiger partial charge on any atom is 0.269 e. The van der Waals surface area contributed by atoms with Crippen LogP contribution in [0.3, 0.4) is 0 Å². The molecule has 2 atom stereocenters. The lowest BCUT2D eigenvalue weighted by molar-refractivity contribution is -0.384. The van der Waals surface area contributed by atoms with E-state index in [2.05, 4.69) is 41.0 Å². The number of nitrogens with zero attached hydrogens (tertiary/aromatic N) is 5. The van der Waals surface area contributed by atoms with Crippen LogP contribution in [-0.2, 0) is 16.0 Å². The first-order chi connectivity index (χ1) is 16.8. The van der Waals surface area contributed by atoms with Gasteiger partial charge in [-0.2, -0.15) is 0 Å². The Bertz CT molecular complexity index is 1140. The molecule has 3 aliphatic rings. The molecule has 3 heterocycles. The first-order valence-electron chi connectivity index (χ1n) is 12.2. The van der Waals surface area contributed by atoms with Gasteiger partial charge in [0.15, 0.2) is 0 Å². The van der Waals surface area contributed by atoms with Crippen molar-refractivity contribution in [1.29, 1.82) is 0 Å². The van der Waals surface area contributed by atoms with Crippen LogP contribution in [0.15, 0.2) is 42.5 Å². The van der Waals surface area contributed by atoms with Crippen molar-refractivity contribution < 1.29 is 14.5 Å². The molecule has 0 aromatic heterocycles. The van der Waals surface area contributed by atoms with Gasteiger partial charge in [0.2, 0.25) is 11.8 Å². The number of hydrogen-bond donors (Lipinski definition) is 0. The van der Waals surface area contributed by atoms with E-state index in [1.165, 1.54) is 5.56 Å². The Hall–Kier alpha value is -3.62. The Morgan fingerprint density at radius 2 is 1.63 bits per heavy atom. The third kappa shape index (κ3) is 4.42. The van der Waals surface area contributed by atoms with Gasteiger partial charge >= 0.3 is 0 Å². The molecule has 9 nitrogen and oxygen atoms in total. The Labute approximate surface area is 205 Å². The predicted molar refractivity (Wildman–Crippen MR) is 134 cm³/mol. The highest BCUT2D eigenvalue weighted by molar-refractivity contribution is 5.83. The number of benzene rings is 2. The van der Waals surface area contributed by atoms with Gasteiger partial charge in [0, 0.05) is 76.2 Å². The van der Waals surface area contributed by atoms with E-state index in [1.54, 1.807) is 24.0 Å². The van der Waals surface area contributed by atoms with E-state index >= 15 is 0 Å². The van der Waals surface area contributed by atoms with Crippen LogP contribution in [0.4, 0.5) is 17.1 Å². The van der Waals surface area contributed by atoms with Gasteiger partial charge in [-0.25, -0.2) is 0 Å². The molecule has 5 rings (SSSR count). The maximum atomic E-state index is 13.8. The molecule has 2 amide bonds. The van der Waals surface area contributed by atoms with Gasteiger partial charge in [0.1, 0.15) is 0 Å². The fourth-order valence-electron chi connectivity index (χ4n) is 5.67. The second-order valence-corrected chi connectivity index (χ2v) is 9.75. The molecule has 2 saturated heterocycles. The van der Waals surface area contributed by atoms with Gasteiger partial charge in [-0.1, -0.05) is 17.7 Å². The summed E-state index contributed by atoms with van der Waals surface area (Å²) in [4.78, 5) is 44.9. The lowest BCUT2D eigenvalue weighted by Crippen LogP contribution is -2.62. The molecule has 2 aromatic rings. The number of fused-ring (bicyclic) bond motifs is 3. The number of non-ortho nitro benzene ring substituents is 1. The van der Waals surface area contributed by atoms with Crippen LogP contribution in [0.5, 0.6) is 0 Å². The zero-order valence-corrected chi connectivity index (χ0v) is 20.2. The molecular weight excluding hydrogens is 446 g/mol. The Morgan fingerprint density at radius 1 is 0.943 bits per heavy atom. The molecule has 184 valence electrons. The highest BCUT2D eigenvalue weighted by atomic mass is 16.6. The number of anilines is 2. The van der Waals surface area contributed by atoms with E-state index in [4.69, 9.17) is 0 Å². The number of nitro benzene ring substituents is 1. The largest absolute Gasteiger partial charge is 0.368 e. The Balaban J connectivity index is 1.44. The maximum absolute atomic E-state index is 13.8. The topological polar surface area (TPSA) is 90.2 Å². The van der Waals surface area contributed by atoms with Crippen molar-refractivity contribution in [3.63, 3.8) is 0 Å². The Morgan fingerprint density at radius 3 is 2.29 bits per heavy atom. The van der Waals surface area contributed by atoms with E-state index in [1.807, 2.05) is 11.0 Å². The average molecular weight is 478 g/mol. The fraction of sp³-hybridized carbons (Fsp3) is 0.462. The van der Waals surface area contributed by atoms with Crippen molar-refractivity contribution in [2.24, 2.45) is 5.92 Å². The third-order valence-corrected chi connectivity index (χ3v) is 7.66. The second-order valence-electron chi connectivity index (χ2n) is 9.75. The highest BCUT2D eigenvalue weighted by Gasteiger charge is 2.43. The molecule has 0 bridgehead atoms. The third-order valence-electron chi connectivity index (χ3n) is 7.66. The van der Waals surface area contributed by atoms with Crippen molar-refractivity contribution in [3.05, 3.63) is 63.7 Å². The monoisotopic (exact) mass is 477 g/mol. The summed E-state index contributed by atoms with van der Waals surface area (Å²) in [6.07, 6.45) is 0.478. The van der Waals surface area contributed by atoms with E-state index < -0.39 is 0 Å². The summed E-state index contributed by atoms with van der Waals surface area (Å²) in [7, 11) is 0. The molecule has 0 radical (unpaired) electrons. The van der Waals surface area contributed by atoms with Crippen LogP contribution in [0.1, 0.15) is 18.1 Å². The van der Waals surface area contributed by atoms with Crippen LogP contribution in [0.25, 0.3) is 0 Å². The molecule has 35 heavy (non-hydrogen) atoms. The number of carbonyl (C=O) groups excluding carboxylic acids is 2. The van der Waals surface area contributed by atoms with Crippen molar-refractivity contribution in [3.8, 4) is 0 Å². The van der Waals surface area contributed by atoms with E-state index in [-0.39, 0.29) is 34.4 Å². The molecule has 0 saturated carbocycles. The molecular formula is C26H31N5O4. The molecule has 2 aromatic carbocycles. The summed E-state index contributed by atoms with van der Waals surface area (Å²) in [5.41, 5.74) is 4.26. The van der Waals surface area contributed by atoms with Gasteiger partial charge in [-0.05, 0) is 37.1 Å². The molecule has 0 spiro atoms. The quantitative estimate of drug-likeness (QED) is 0.498. The number of aryl methyl sites for hydroxylation is 1. The van der Waals surface area contributed by atoms with Gasteiger partial charge in [-0.3, -0.25) is 19.7 Å². The average Bonchev–Trinajstić information content (AvgIpc) is 2.87. The van der Waals surface area contributed by atoms with Crippen LogP contribution < -0.4 is 9.80 Å². The van der Waals surface area contributed by atoms with Crippen LogP contribution in [-0.4, -0.2) is 78.4 Å². The summed E-state index contributed by atoms with van der Waals surface area (Å²) in [6, 6.07) is 13.5. The van der Waals surface area contributed by atoms with Crippen molar-refractivity contribution in [2.75, 3.05) is 55.6 Å². The number of piperazine rings is 2. The van der Waals surface area contributed by atoms with E-state index in [9.17, 15) is 19.7 Å². The summed E-state index contributed by atoms with van der Waals surface area (Å²) in [5, 5.41) is 11.4. The second kappa shape index (κ2) is 9.20. The Kier molecular flexibility index (Phi) is 6.08. The lowest BCUT2D eigenvalue weighted by atomic mass is 9.82. The molecule has 9 heteroatoms. The molecule has 2 fully saturated rings. The number of carbonyl (C=O) groups is 2. The lowest BCUT2D eigenvalue weighted by Gasteiger charge is -2.50. The number of rotatable bonds is 3. The van der Waals surface area contributed by atoms with Crippen molar-refractivity contribution in [2.45, 2.75) is 26.3 Å². The first kappa shape index (κ1) is 23.1. The summed E-state index contributed by atoms with van der Waals surface area (Å²) >= 11 is 0. The molecule has 0 aliphatic carbocycles. The zero-order chi connectivity index (χ0) is 24.7. The van der Waals surface area contributed by atoms with Crippen LogP contribution >= 0.6 is 0 Å². The van der Waals surface area contributed by atoms with Crippen LogP contribution in [0, 0.1) is 23.0 Å². The highest BCUT2D eigenvalue weighted by Crippen LogP contribution is 2.39. The summed E-state index contributed by atoms with van der Waals surface area (Å²) in [6.45, 7) is 8.01. The summed E-state index contributed by atoms with van der Waals surface area (Å²) in [5.74, 6) is -0.198. The smallest absolute Gasteiger partial charge is 0.269 e. The minimum absolute atomic E-state index is 0.0302. The van der Waals surface area contributed by atoms with Crippen LogP contribution in [0.2, 0.25) is 0 Å². The number of hydrogen-bond acceptors (Lipinski definition) is 6. The van der Waals surface area contributed by atoms with Crippen molar-refractivity contribution >= 4 is 28.9 Å². The minimum atomic E-state index is -0.375. The zero-order valence-electron chi connectivity index (χ0n) is 20.2. The fourth-order valence-corrected chi connectivity index (χ4v) is 5.67. The van der Waals surface area contributed by atoms with Gasteiger partial charge in [0.25, 0.3) is 5.69 Å². The predicted octanol–water partition coefficient (Wildman–Crippen LogP) is 2.46. The summed E-state index contributed by atoms with van der Waals surface area (Å²) < 4.78 is 0. The SMILES string of the molecule is CC(=O)N1CCN(C(=O)C2Cc3cc([N+](=O)[O-])ccc3N3CCN(c4ccc(C)cc4)CC23)CC1. The number of amides is 2. The minimum Gasteiger partial charge on any atom is -0.368 e. The first-order valence-corrected chi connectivity index (χ1v) is 12.2. The van der Waals surface area contributed by atoms with E-state index in [0.717, 1.165) is 30.0 Å². The standard InChI is InChI=1S/C26H31N5O4/c1-18-3-5-21(6-4-18)29-13-14-30-24-8-7-22(31(34)35)15-20(24)16-23(25(30)17-29)26(33)28-11-9-27(10-12-28)19(2)32/h3-8,15,23,25H,9-14,16-17H2,1-2H3. The van der Waals surface area contributed by atoms with Gasteiger partial charge < -0.3 is 19.6 Å². The van der Waals surface area contributed by atoms with Gasteiger partial charge in [-0.15, -0.1) is 0 Å². The van der Waals surface area contributed by atoms with E-state index in [0.29, 0.717) is 39.1 Å². The molecule has 3 aliphatic heterocycles.